The largest absolute Gasteiger partial charge is 0.265 e. The van der Waals surface area contributed by atoms with E-state index in [-0.39, 0.29) is 11.4 Å². The molecule has 0 unspecified atom stereocenters. The van der Waals surface area contributed by atoms with Gasteiger partial charge in [-0.1, -0.05) is 17.4 Å². The van der Waals surface area contributed by atoms with Gasteiger partial charge in [0.05, 0.1) is 5.56 Å². The Morgan fingerprint density at radius 2 is 1.82 bits per heavy atom. The number of benzene rings is 1. The molecule has 3 heterocycles. The summed E-state index contributed by atoms with van der Waals surface area (Å²) in [7, 11) is 0. The van der Waals surface area contributed by atoms with Gasteiger partial charge < -0.3 is 0 Å². The summed E-state index contributed by atoms with van der Waals surface area (Å²) < 4.78 is 28.7. The predicted octanol–water partition coefficient (Wildman–Crippen LogP) is 3.19. The third kappa shape index (κ3) is 1.96. The molecule has 22 heavy (non-hydrogen) atoms. The molecule has 0 spiro atoms. The molecule has 4 rings (SSSR count). The Labute approximate surface area is 126 Å². The summed E-state index contributed by atoms with van der Waals surface area (Å²) in [4.78, 5) is 4.45. The van der Waals surface area contributed by atoms with E-state index in [9.17, 15) is 8.78 Å². The summed E-state index contributed by atoms with van der Waals surface area (Å²) in [5.41, 5.74) is 0.898. The van der Waals surface area contributed by atoms with Crippen LogP contribution < -0.4 is 0 Å². The number of fused-ring (bicyclic) bond motifs is 1. The highest BCUT2D eigenvalue weighted by molar-refractivity contribution is 7.19. The lowest BCUT2D eigenvalue weighted by atomic mass is 10.2. The topological polar surface area (TPSA) is 56.0 Å². The summed E-state index contributed by atoms with van der Waals surface area (Å²) in [5, 5.41) is 13.0. The van der Waals surface area contributed by atoms with Crippen LogP contribution in [0.1, 0.15) is 0 Å². The molecule has 0 aliphatic heterocycles. The van der Waals surface area contributed by atoms with Crippen LogP contribution in [0.5, 0.6) is 0 Å². The van der Waals surface area contributed by atoms with Gasteiger partial charge in [0, 0.05) is 18.0 Å². The number of halogens is 2. The van der Waals surface area contributed by atoms with Crippen molar-refractivity contribution in [3.05, 3.63) is 54.4 Å². The van der Waals surface area contributed by atoms with E-state index in [0.29, 0.717) is 9.97 Å². The normalized spacial score (nSPS) is 11.2. The van der Waals surface area contributed by atoms with Crippen molar-refractivity contribution < 1.29 is 8.78 Å². The van der Waals surface area contributed by atoms with Gasteiger partial charge in [-0.15, -0.1) is 10.2 Å². The van der Waals surface area contributed by atoms with E-state index in [4.69, 9.17) is 0 Å². The summed E-state index contributed by atoms with van der Waals surface area (Å²) in [6.45, 7) is 0. The zero-order valence-corrected chi connectivity index (χ0v) is 11.8. The second-order valence-corrected chi connectivity index (χ2v) is 5.42. The molecule has 8 heteroatoms. The molecule has 0 bridgehead atoms. The fraction of sp³-hybridized carbons (Fsp3) is 0. The third-order valence-corrected chi connectivity index (χ3v) is 4.06. The molecule has 3 aromatic heterocycles. The van der Waals surface area contributed by atoms with Crippen molar-refractivity contribution in [1.82, 2.24) is 24.8 Å². The van der Waals surface area contributed by atoms with E-state index in [1.54, 1.807) is 12.4 Å². The van der Waals surface area contributed by atoms with E-state index in [1.807, 2.05) is 12.1 Å². The molecule has 0 aliphatic carbocycles. The number of rotatable bonds is 2. The lowest BCUT2D eigenvalue weighted by molar-refractivity contribution is 0.510. The van der Waals surface area contributed by atoms with Crippen molar-refractivity contribution in [3.63, 3.8) is 0 Å². The van der Waals surface area contributed by atoms with Crippen molar-refractivity contribution in [2.45, 2.75) is 0 Å². The van der Waals surface area contributed by atoms with Gasteiger partial charge in [-0.3, -0.25) is 4.98 Å². The molecule has 0 N–H and O–H groups in total. The van der Waals surface area contributed by atoms with Gasteiger partial charge >= 0.3 is 0 Å². The average molecular weight is 315 g/mol. The number of pyridine rings is 1. The molecule has 4 aromatic rings. The van der Waals surface area contributed by atoms with Crippen LogP contribution in [0.2, 0.25) is 0 Å². The van der Waals surface area contributed by atoms with E-state index < -0.39 is 11.6 Å². The number of hydrogen-bond acceptors (Lipinski definition) is 5. The Bertz CT molecular complexity index is 964. The van der Waals surface area contributed by atoms with Crippen molar-refractivity contribution >= 4 is 16.3 Å². The maximum absolute atomic E-state index is 13.9. The van der Waals surface area contributed by atoms with E-state index in [2.05, 4.69) is 20.3 Å². The van der Waals surface area contributed by atoms with Crippen molar-refractivity contribution in [1.29, 1.82) is 0 Å². The third-order valence-electron chi connectivity index (χ3n) is 3.11. The highest BCUT2D eigenvalue weighted by atomic mass is 32.1. The molecule has 0 amide bonds. The number of aromatic nitrogens is 5. The first-order valence-corrected chi connectivity index (χ1v) is 7.13. The monoisotopic (exact) mass is 315 g/mol. The van der Waals surface area contributed by atoms with Gasteiger partial charge in [-0.2, -0.15) is 9.61 Å². The summed E-state index contributed by atoms with van der Waals surface area (Å²) in [5.74, 6) is -1.72. The van der Waals surface area contributed by atoms with E-state index >= 15 is 0 Å². The molecule has 0 saturated carbocycles. The van der Waals surface area contributed by atoms with E-state index in [0.717, 1.165) is 11.6 Å². The van der Waals surface area contributed by atoms with Gasteiger partial charge in [-0.05, 0) is 24.3 Å². The quantitative estimate of drug-likeness (QED) is 0.570. The van der Waals surface area contributed by atoms with Crippen LogP contribution in [0, 0.1) is 11.6 Å². The molecule has 0 radical (unpaired) electrons. The minimum absolute atomic E-state index is 0.0269. The Morgan fingerprint density at radius 1 is 1.00 bits per heavy atom. The molecule has 0 aliphatic rings. The maximum Gasteiger partial charge on any atom is 0.235 e. The summed E-state index contributed by atoms with van der Waals surface area (Å²) >= 11 is 1.31. The van der Waals surface area contributed by atoms with Crippen LogP contribution in [0.25, 0.3) is 26.9 Å². The molecule has 0 saturated heterocycles. The zero-order chi connectivity index (χ0) is 15.1. The molecular weight excluding hydrogens is 308 g/mol. The standard InChI is InChI=1S/C14H7F2N5S/c15-10-3-1-2-9(11(10)16)12-18-19-14-21(12)20-13(22-14)8-4-6-17-7-5-8/h1-7H. The highest BCUT2D eigenvalue weighted by Gasteiger charge is 2.18. The van der Waals surface area contributed by atoms with Crippen LogP contribution in [-0.4, -0.2) is 24.8 Å². The molecule has 0 fully saturated rings. The first-order valence-electron chi connectivity index (χ1n) is 6.31. The summed E-state index contributed by atoms with van der Waals surface area (Å²) in [6, 6.07) is 7.55. The lowest BCUT2D eigenvalue weighted by Gasteiger charge is -2.00. The fourth-order valence-electron chi connectivity index (χ4n) is 2.07. The Balaban J connectivity index is 1.90. The Kier molecular flexibility index (Phi) is 2.90. The molecule has 1 aromatic carbocycles. The molecule has 0 atom stereocenters. The van der Waals surface area contributed by atoms with Crippen molar-refractivity contribution in [3.8, 4) is 22.0 Å². The molecule has 108 valence electrons. The summed E-state index contributed by atoms with van der Waals surface area (Å²) in [6.07, 6.45) is 3.32. The van der Waals surface area contributed by atoms with Crippen molar-refractivity contribution in [2.75, 3.05) is 0 Å². The van der Waals surface area contributed by atoms with Gasteiger partial charge in [0.2, 0.25) is 4.96 Å². The second-order valence-electron chi connectivity index (χ2n) is 4.46. The zero-order valence-electron chi connectivity index (χ0n) is 10.9. The maximum atomic E-state index is 13.9. The van der Waals surface area contributed by atoms with Crippen LogP contribution >= 0.6 is 11.3 Å². The average Bonchev–Trinajstić information content (AvgIpc) is 3.12. The van der Waals surface area contributed by atoms with Crippen LogP contribution in [0.3, 0.4) is 0 Å². The minimum atomic E-state index is -0.963. The second kappa shape index (κ2) is 4.92. The first-order chi connectivity index (χ1) is 10.7. The van der Waals surface area contributed by atoms with Crippen molar-refractivity contribution in [2.24, 2.45) is 0 Å². The predicted molar refractivity (Wildman–Crippen MR) is 77.2 cm³/mol. The van der Waals surface area contributed by atoms with Gasteiger partial charge in [-0.25, -0.2) is 8.78 Å². The highest BCUT2D eigenvalue weighted by Crippen LogP contribution is 2.29. The van der Waals surface area contributed by atoms with Gasteiger partial charge in [0.15, 0.2) is 17.5 Å². The molecule has 5 nitrogen and oxygen atoms in total. The smallest absolute Gasteiger partial charge is 0.235 e. The molecular formula is C14H7F2N5S. The van der Waals surface area contributed by atoms with Crippen LogP contribution in [-0.2, 0) is 0 Å². The van der Waals surface area contributed by atoms with Crippen LogP contribution in [0.4, 0.5) is 8.78 Å². The SMILES string of the molecule is Fc1cccc(-c2nnc3sc(-c4ccncc4)nn23)c1F. The first kappa shape index (κ1) is 13.0. The fourth-order valence-corrected chi connectivity index (χ4v) is 2.92. The van der Waals surface area contributed by atoms with E-state index in [1.165, 1.54) is 28.0 Å². The lowest BCUT2D eigenvalue weighted by Crippen LogP contribution is -1.95. The Hall–Kier alpha value is -2.74. The number of nitrogens with zero attached hydrogens (tertiary/aromatic N) is 5. The van der Waals surface area contributed by atoms with Crippen LogP contribution in [0.15, 0.2) is 42.7 Å². The Morgan fingerprint density at radius 3 is 2.64 bits per heavy atom. The number of hydrogen-bond donors (Lipinski definition) is 0. The minimum Gasteiger partial charge on any atom is -0.265 e. The van der Waals surface area contributed by atoms with Gasteiger partial charge in [0.25, 0.3) is 0 Å². The van der Waals surface area contributed by atoms with Gasteiger partial charge in [0.1, 0.15) is 5.01 Å².